The van der Waals surface area contributed by atoms with Gasteiger partial charge in [0.1, 0.15) is 0 Å². The van der Waals surface area contributed by atoms with Gasteiger partial charge in [-0.05, 0) is 6.42 Å². The van der Waals surface area contributed by atoms with Crippen molar-refractivity contribution in [2.75, 3.05) is 0 Å². The van der Waals surface area contributed by atoms with Gasteiger partial charge < -0.3 is 10.4 Å². The van der Waals surface area contributed by atoms with E-state index in [1.165, 1.54) is 0 Å². The van der Waals surface area contributed by atoms with E-state index < -0.39 is 5.97 Å². The summed E-state index contributed by atoms with van der Waals surface area (Å²) in [4.78, 5) is 10.4. The molecule has 0 rings (SSSR count). The third-order valence-corrected chi connectivity index (χ3v) is 1.63. The zero-order valence-electron chi connectivity index (χ0n) is 8.13. The lowest BCUT2D eigenvalue weighted by molar-refractivity contribution is -0.137. The molecule has 72 valence electrons. The molecule has 0 aliphatic heterocycles. The fourth-order valence-corrected chi connectivity index (χ4v) is 1.27. The molecule has 3 heteroatoms. The molecule has 0 bridgehead atoms. The van der Waals surface area contributed by atoms with Gasteiger partial charge in [0.2, 0.25) is 0 Å². The highest BCUT2D eigenvalue weighted by Crippen LogP contribution is 2.02. The molecule has 0 saturated heterocycles. The number of nitrogens with one attached hydrogen (secondary N) is 1. The summed E-state index contributed by atoms with van der Waals surface area (Å²) in [5.41, 5.74) is 0. The van der Waals surface area contributed by atoms with Crippen LogP contribution in [0.4, 0.5) is 0 Å². The van der Waals surface area contributed by atoms with Crippen molar-refractivity contribution < 1.29 is 9.90 Å². The van der Waals surface area contributed by atoms with Crippen molar-refractivity contribution in [2.45, 2.75) is 52.1 Å². The van der Waals surface area contributed by atoms with Crippen LogP contribution >= 0.6 is 0 Å². The Morgan fingerprint density at radius 3 is 2.42 bits per heavy atom. The first-order valence-corrected chi connectivity index (χ1v) is 4.54. The first-order valence-electron chi connectivity index (χ1n) is 4.54. The summed E-state index contributed by atoms with van der Waals surface area (Å²) in [5, 5.41) is 11.8. The van der Waals surface area contributed by atoms with E-state index >= 15 is 0 Å². The number of aliphatic carboxylic acids is 1. The standard InChI is InChI=1S/C9H19NO2/c1-4-5-8(6-9(11)12)10-7(2)3/h7-8,10H,4-6H2,1-3H3,(H,11,12). The highest BCUT2D eigenvalue weighted by atomic mass is 16.4. The molecule has 0 radical (unpaired) electrons. The Bertz CT molecular complexity index is 134. The van der Waals surface area contributed by atoms with Crippen LogP contribution < -0.4 is 5.32 Å². The lowest BCUT2D eigenvalue weighted by Gasteiger charge is -2.18. The largest absolute Gasteiger partial charge is 0.481 e. The van der Waals surface area contributed by atoms with Gasteiger partial charge in [-0.2, -0.15) is 0 Å². The number of rotatable bonds is 6. The predicted octanol–water partition coefficient (Wildman–Crippen LogP) is 1.63. The maximum Gasteiger partial charge on any atom is 0.304 e. The molecular weight excluding hydrogens is 154 g/mol. The van der Waals surface area contributed by atoms with E-state index in [-0.39, 0.29) is 12.5 Å². The second-order valence-electron chi connectivity index (χ2n) is 3.40. The second kappa shape index (κ2) is 6.00. The Hall–Kier alpha value is -0.570. The van der Waals surface area contributed by atoms with Crippen LogP contribution in [0.2, 0.25) is 0 Å². The lowest BCUT2D eigenvalue weighted by atomic mass is 10.1. The molecule has 0 spiro atoms. The summed E-state index contributed by atoms with van der Waals surface area (Å²) in [7, 11) is 0. The van der Waals surface area contributed by atoms with E-state index in [0.29, 0.717) is 6.04 Å². The summed E-state index contributed by atoms with van der Waals surface area (Å²) in [5.74, 6) is -0.721. The highest BCUT2D eigenvalue weighted by molar-refractivity contribution is 5.67. The van der Waals surface area contributed by atoms with Crippen LogP contribution in [0.1, 0.15) is 40.0 Å². The predicted molar refractivity (Wildman–Crippen MR) is 49.2 cm³/mol. The quantitative estimate of drug-likeness (QED) is 0.641. The molecule has 2 N–H and O–H groups in total. The van der Waals surface area contributed by atoms with Crippen molar-refractivity contribution in [1.82, 2.24) is 5.32 Å². The van der Waals surface area contributed by atoms with E-state index in [1.54, 1.807) is 0 Å². The molecule has 0 aromatic carbocycles. The van der Waals surface area contributed by atoms with E-state index in [0.717, 1.165) is 12.8 Å². The Labute approximate surface area is 74.2 Å². The fourth-order valence-electron chi connectivity index (χ4n) is 1.27. The molecule has 0 aromatic rings. The molecule has 0 aliphatic carbocycles. The van der Waals surface area contributed by atoms with Gasteiger partial charge in [-0.15, -0.1) is 0 Å². The third-order valence-electron chi connectivity index (χ3n) is 1.63. The monoisotopic (exact) mass is 173 g/mol. The van der Waals surface area contributed by atoms with Crippen LogP contribution in [-0.2, 0) is 4.79 Å². The van der Waals surface area contributed by atoms with Gasteiger partial charge in [-0.25, -0.2) is 0 Å². The van der Waals surface area contributed by atoms with Crippen molar-refractivity contribution in [3.8, 4) is 0 Å². The maximum atomic E-state index is 10.4. The molecule has 0 aromatic heterocycles. The summed E-state index contributed by atoms with van der Waals surface area (Å²) in [6.45, 7) is 6.13. The zero-order valence-corrected chi connectivity index (χ0v) is 8.13. The smallest absolute Gasteiger partial charge is 0.304 e. The first kappa shape index (κ1) is 11.4. The van der Waals surface area contributed by atoms with Crippen LogP contribution in [-0.4, -0.2) is 23.2 Å². The van der Waals surface area contributed by atoms with Crippen LogP contribution in [0.3, 0.4) is 0 Å². The van der Waals surface area contributed by atoms with E-state index in [2.05, 4.69) is 12.2 Å². The molecule has 1 unspecified atom stereocenters. The topological polar surface area (TPSA) is 49.3 Å². The molecule has 0 amide bonds. The molecule has 0 saturated carbocycles. The molecule has 0 heterocycles. The minimum Gasteiger partial charge on any atom is -0.481 e. The molecular formula is C9H19NO2. The summed E-state index contributed by atoms with van der Waals surface area (Å²) in [6.07, 6.45) is 2.19. The number of carboxylic acid groups (broad SMARTS) is 1. The number of hydrogen-bond acceptors (Lipinski definition) is 2. The number of carbonyl (C=O) groups is 1. The summed E-state index contributed by atoms with van der Waals surface area (Å²) < 4.78 is 0. The number of carboxylic acids is 1. The third kappa shape index (κ3) is 6.16. The zero-order chi connectivity index (χ0) is 9.56. The molecule has 1 atom stereocenters. The first-order chi connectivity index (χ1) is 5.56. The number of hydrogen-bond donors (Lipinski definition) is 2. The van der Waals surface area contributed by atoms with Gasteiger partial charge >= 0.3 is 5.97 Å². The Balaban J connectivity index is 3.77. The van der Waals surface area contributed by atoms with Crippen molar-refractivity contribution in [1.29, 1.82) is 0 Å². The minimum atomic E-state index is -0.721. The van der Waals surface area contributed by atoms with Gasteiger partial charge in [-0.1, -0.05) is 27.2 Å². The van der Waals surface area contributed by atoms with Gasteiger partial charge in [0.15, 0.2) is 0 Å². The van der Waals surface area contributed by atoms with Gasteiger partial charge in [-0.3, -0.25) is 4.79 Å². The van der Waals surface area contributed by atoms with Crippen molar-refractivity contribution >= 4 is 5.97 Å². The normalized spacial score (nSPS) is 13.3. The van der Waals surface area contributed by atoms with Gasteiger partial charge in [0, 0.05) is 12.1 Å². The lowest BCUT2D eigenvalue weighted by Crippen LogP contribution is -2.36. The summed E-state index contributed by atoms with van der Waals surface area (Å²) >= 11 is 0. The van der Waals surface area contributed by atoms with Crippen molar-refractivity contribution in [3.63, 3.8) is 0 Å². The van der Waals surface area contributed by atoms with Gasteiger partial charge in [0.05, 0.1) is 6.42 Å². The highest BCUT2D eigenvalue weighted by Gasteiger charge is 2.12. The molecule has 3 nitrogen and oxygen atoms in total. The van der Waals surface area contributed by atoms with Crippen molar-refractivity contribution in [3.05, 3.63) is 0 Å². The van der Waals surface area contributed by atoms with Crippen LogP contribution in [0.15, 0.2) is 0 Å². The Kier molecular flexibility index (Phi) is 5.72. The Morgan fingerprint density at radius 2 is 2.08 bits per heavy atom. The minimum absolute atomic E-state index is 0.132. The van der Waals surface area contributed by atoms with Crippen LogP contribution in [0, 0.1) is 0 Å². The Morgan fingerprint density at radius 1 is 1.50 bits per heavy atom. The fraction of sp³-hybridized carbons (Fsp3) is 0.889. The average Bonchev–Trinajstić information content (AvgIpc) is 1.84. The van der Waals surface area contributed by atoms with Crippen LogP contribution in [0.5, 0.6) is 0 Å². The van der Waals surface area contributed by atoms with E-state index in [4.69, 9.17) is 5.11 Å². The maximum absolute atomic E-state index is 10.4. The average molecular weight is 173 g/mol. The van der Waals surface area contributed by atoms with Gasteiger partial charge in [0.25, 0.3) is 0 Å². The SMILES string of the molecule is CCCC(CC(=O)O)NC(C)C. The summed E-state index contributed by atoms with van der Waals surface area (Å²) in [6, 6.07) is 0.494. The second-order valence-corrected chi connectivity index (χ2v) is 3.40. The van der Waals surface area contributed by atoms with E-state index in [9.17, 15) is 4.79 Å². The van der Waals surface area contributed by atoms with Crippen molar-refractivity contribution in [2.24, 2.45) is 0 Å². The molecule has 12 heavy (non-hydrogen) atoms. The molecule has 0 aliphatic rings. The molecule has 0 fully saturated rings. The van der Waals surface area contributed by atoms with Crippen LogP contribution in [0.25, 0.3) is 0 Å². The van der Waals surface area contributed by atoms with E-state index in [1.807, 2.05) is 13.8 Å².